The van der Waals surface area contributed by atoms with Crippen LogP contribution in [0.25, 0.3) is 0 Å². The molecule has 0 heterocycles. The molecule has 0 amide bonds. The van der Waals surface area contributed by atoms with Crippen molar-refractivity contribution in [3.05, 3.63) is 0 Å². The Balaban J connectivity index is 3.85. The summed E-state index contributed by atoms with van der Waals surface area (Å²) in [5.74, 6) is 0. The summed E-state index contributed by atoms with van der Waals surface area (Å²) in [5.41, 5.74) is 0. The van der Waals surface area contributed by atoms with Crippen molar-refractivity contribution < 1.29 is 7.89 Å². The van der Waals surface area contributed by atoms with E-state index >= 15 is 0 Å². The molecular weight excluding hydrogens is 253 g/mol. The SMILES string of the molecule is [P]#[Cu](=[S])[I]. The van der Waals surface area contributed by atoms with Crippen molar-refractivity contribution in [2.45, 2.75) is 0 Å². The van der Waals surface area contributed by atoms with E-state index in [2.05, 4.69) is 17.8 Å². The zero-order valence-electron chi connectivity index (χ0n) is 1.53. The first-order valence-electron chi connectivity index (χ1n) is 0.372. The van der Waals surface area contributed by atoms with Crippen molar-refractivity contribution >= 4 is 38.2 Å². The van der Waals surface area contributed by atoms with Gasteiger partial charge in [0.05, 0.1) is 0 Å². The monoisotopic (exact) mass is 253 g/mol. The van der Waals surface area contributed by atoms with Crippen molar-refractivity contribution in [3.8, 4) is 0 Å². The van der Waals surface area contributed by atoms with Crippen LogP contribution in [-0.4, -0.2) is 0 Å². The molecule has 0 atom stereocenters. The molecule has 0 radical (unpaired) electrons. The molecule has 0 bridgehead atoms. The van der Waals surface area contributed by atoms with Crippen LogP contribution in [0, 0.1) is 0 Å². The van der Waals surface area contributed by atoms with E-state index in [-0.39, 0.29) is 7.89 Å². The van der Waals surface area contributed by atoms with E-state index in [0.29, 0.717) is 0 Å². The Hall–Kier alpha value is 1.90. The Bertz CT molecular complexity index is 98.2. The molecule has 0 N–H and O–H groups in total. The van der Waals surface area contributed by atoms with Gasteiger partial charge in [0.1, 0.15) is 0 Å². The van der Waals surface area contributed by atoms with E-state index in [0.717, 1.165) is 0 Å². The van der Waals surface area contributed by atoms with Gasteiger partial charge in [-0.25, -0.2) is 0 Å². The van der Waals surface area contributed by atoms with Crippen LogP contribution in [0.5, 0.6) is 0 Å². The van der Waals surface area contributed by atoms with E-state index in [4.69, 9.17) is 0 Å². The molecule has 0 saturated carbocycles. The summed E-state index contributed by atoms with van der Waals surface area (Å²) >= 11 is 2.04. The third kappa shape index (κ3) is 9.09. The van der Waals surface area contributed by atoms with Gasteiger partial charge < -0.3 is 0 Å². The fourth-order valence-corrected chi connectivity index (χ4v) is 0. The first-order chi connectivity index (χ1) is 1.73. The zero-order valence-corrected chi connectivity index (χ0v) is 6.35. The van der Waals surface area contributed by atoms with Crippen LogP contribution in [0.2, 0.25) is 0 Å². The van der Waals surface area contributed by atoms with Gasteiger partial charge in [-0.1, -0.05) is 0 Å². The van der Waals surface area contributed by atoms with E-state index < -0.39 is 0 Å². The maximum absolute atomic E-state index is 4.49. The summed E-state index contributed by atoms with van der Waals surface area (Å²) in [7, 11) is 8.22. The quantitative estimate of drug-likeness (QED) is 0.363. The van der Waals surface area contributed by atoms with Crippen molar-refractivity contribution in [1.82, 2.24) is 0 Å². The van der Waals surface area contributed by atoms with E-state index in [9.17, 15) is 0 Å². The van der Waals surface area contributed by atoms with Crippen molar-refractivity contribution in [3.63, 3.8) is 0 Å². The molecule has 0 aliphatic rings. The van der Waals surface area contributed by atoms with Gasteiger partial charge in [-0.15, -0.1) is 0 Å². The van der Waals surface area contributed by atoms with Crippen LogP contribution < -0.4 is 0 Å². The van der Waals surface area contributed by atoms with Gasteiger partial charge in [0.25, 0.3) is 0 Å². The molecule has 0 rings (SSSR count). The topological polar surface area (TPSA) is 0 Å². The average Bonchev–Trinajstić information content (AvgIpc) is 0.811. The summed E-state index contributed by atoms with van der Waals surface area (Å²) < 4.78 is 0. The Morgan fingerprint density at radius 3 is 2.00 bits per heavy atom. The van der Waals surface area contributed by atoms with Crippen LogP contribution >= 0.6 is 38.2 Å². The zero-order chi connectivity index (χ0) is 3.58. The first kappa shape index (κ1) is 5.90. The molecule has 4 heteroatoms. The van der Waals surface area contributed by atoms with Crippen LogP contribution in [0.15, 0.2) is 0 Å². The second-order valence-electron chi connectivity index (χ2n) is 0.153. The van der Waals surface area contributed by atoms with Crippen molar-refractivity contribution in [2.75, 3.05) is 0 Å². The summed E-state index contributed by atoms with van der Waals surface area (Å²) in [5, 5.41) is 0. The van der Waals surface area contributed by atoms with Crippen molar-refractivity contribution in [2.24, 2.45) is 0 Å². The fourth-order valence-electron chi connectivity index (χ4n) is 0. The van der Waals surface area contributed by atoms with E-state index in [1.54, 1.807) is 0 Å². The van der Waals surface area contributed by atoms with Gasteiger partial charge in [0, 0.05) is 0 Å². The predicted octanol–water partition coefficient (Wildman–Crippen LogP) is 2.39. The molecule has 4 heavy (non-hydrogen) atoms. The second-order valence-corrected chi connectivity index (χ2v) is 10.1. The van der Waals surface area contributed by atoms with Gasteiger partial charge in [-0.2, -0.15) is 0 Å². The Labute approximate surface area is 45.7 Å². The third-order valence-electron chi connectivity index (χ3n) is 0. The number of hydrogen-bond acceptors (Lipinski definition) is 1. The standard InChI is InChI=1S/Cu.HI.P.S/h;1H;;/q+1;;;/p-1. The number of rotatable bonds is 0. The van der Waals surface area contributed by atoms with Gasteiger partial charge in [0.2, 0.25) is 0 Å². The number of halogens is 1. The molecule has 0 aliphatic carbocycles. The fraction of sp³-hybridized carbons (Fsp3) is 0. The molecule has 0 aliphatic heterocycles. The maximum atomic E-state index is 4.49. The van der Waals surface area contributed by atoms with Gasteiger partial charge >= 0.3 is 46.1 Å². The minimum atomic E-state index is -0.0647. The second kappa shape index (κ2) is 3.10. The van der Waals surface area contributed by atoms with Gasteiger partial charge in [0.15, 0.2) is 0 Å². The molecule has 0 nitrogen and oxygen atoms in total. The van der Waals surface area contributed by atoms with E-state index in [1.807, 2.05) is 20.3 Å². The van der Waals surface area contributed by atoms with Crippen LogP contribution in [0.1, 0.15) is 0 Å². The van der Waals surface area contributed by atoms with Gasteiger partial charge in [-0.3, -0.25) is 0 Å². The molecule has 0 fully saturated rings. The molecular formula is CuIPS. The molecule has 0 saturated heterocycles. The summed E-state index contributed by atoms with van der Waals surface area (Å²) in [6, 6.07) is 0. The normalized spacial score (nSPS) is 10.5. The Morgan fingerprint density at radius 2 is 2.00 bits per heavy atom. The predicted molar refractivity (Wildman–Crippen MR) is 28.5 cm³/mol. The summed E-state index contributed by atoms with van der Waals surface area (Å²) in [6.45, 7) is 0. The molecule has 0 aromatic carbocycles. The van der Waals surface area contributed by atoms with Crippen LogP contribution in [-0.2, 0) is 7.89 Å². The first-order valence-corrected chi connectivity index (χ1v) is 6.34. The summed E-state index contributed by atoms with van der Waals surface area (Å²) in [6.07, 6.45) is 0. The Morgan fingerprint density at radius 1 is 2.00 bits per heavy atom. The Kier molecular flexibility index (Phi) is 4.58. The van der Waals surface area contributed by atoms with Crippen molar-refractivity contribution in [1.29, 1.82) is 0 Å². The molecule has 0 aromatic heterocycles. The summed E-state index contributed by atoms with van der Waals surface area (Å²) in [4.78, 5) is 0. The van der Waals surface area contributed by atoms with Crippen LogP contribution in [0.3, 0.4) is 0 Å². The van der Waals surface area contributed by atoms with Crippen LogP contribution in [0.4, 0.5) is 0 Å². The molecule has 0 aromatic rings. The minimum absolute atomic E-state index is 0.0647. The molecule has 0 spiro atoms. The average molecular weight is 253 g/mol. The van der Waals surface area contributed by atoms with Gasteiger partial charge in [-0.05, 0) is 0 Å². The number of hydrogen-bond donors (Lipinski definition) is 0. The van der Waals surface area contributed by atoms with E-state index in [1.165, 1.54) is 0 Å². The molecule has 29 valence electrons. The third-order valence-corrected chi connectivity index (χ3v) is 0. The molecule has 0 unspecified atom stereocenters.